The first-order valence-electron chi connectivity index (χ1n) is 8.22. The number of anilines is 1. The molecule has 0 aliphatic carbocycles. The van der Waals surface area contributed by atoms with Gasteiger partial charge in [0.15, 0.2) is 12.3 Å². The zero-order valence-corrected chi connectivity index (χ0v) is 15.0. The van der Waals surface area contributed by atoms with Gasteiger partial charge in [-0.3, -0.25) is 14.3 Å². The fraction of sp³-hybridized carbons (Fsp3) is 0.389. The van der Waals surface area contributed by atoms with Crippen molar-refractivity contribution in [2.75, 3.05) is 11.9 Å². The van der Waals surface area contributed by atoms with Crippen molar-refractivity contribution < 1.29 is 14.3 Å². The van der Waals surface area contributed by atoms with Crippen LogP contribution < -0.4 is 15.8 Å². The highest BCUT2D eigenvalue weighted by Gasteiger charge is 2.16. The molecule has 0 aliphatic rings. The second-order valence-electron chi connectivity index (χ2n) is 6.13. The Hall–Kier alpha value is -2.83. The van der Waals surface area contributed by atoms with Gasteiger partial charge in [-0.15, -0.1) is 0 Å². The van der Waals surface area contributed by atoms with E-state index >= 15 is 0 Å². The third-order valence-electron chi connectivity index (χ3n) is 3.83. The lowest BCUT2D eigenvalue weighted by molar-refractivity contribution is -0.118. The number of rotatable bonds is 7. The van der Waals surface area contributed by atoms with Crippen LogP contribution in [0.5, 0.6) is 5.75 Å². The summed E-state index contributed by atoms with van der Waals surface area (Å²) >= 11 is 0. The molecule has 7 nitrogen and oxygen atoms in total. The minimum Gasteiger partial charge on any atom is -0.483 e. The smallest absolute Gasteiger partial charge is 0.271 e. The average Bonchev–Trinajstić information content (AvgIpc) is 2.97. The minimum atomic E-state index is -0.691. The van der Waals surface area contributed by atoms with Crippen LogP contribution in [0.25, 0.3) is 0 Å². The molecule has 0 aliphatic heterocycles. The second kappa shape index (κ2) is 7.83. The first kappa shape index (κ1) is 18.5. The summed E-state index contributed by atoms with van der Waals surface area (Å²) in [6, 6.07) is 5.96. The van der Waals surface area contributed by atoms with Gasteiger partial charge in [0, 0.05) is 12.7 Å². The number of ether oxygens (including phenoxy) is 1. The van der Waals surface area contributed by atoms with Crippen molar-refractivity contribution in [3.8, 4) is 5.75 Å². The number of nitrogens with zero attached hydrogens (tertiary/aromatic N) is 2. The molecule has 0 fully saturated rings. The number of hydrogen-bond acceptors (Lipinski definition) is 4. The molecular formula is C18H24N4O3. The molecule has 134 valence electrons. The van der Waals surface area contributed by atoms with Crippen LogP contribution in [-0.2, 0) is 11.3 Å². The standard InChI is InChI=1S/C18H24N4O3/c1-5-22-9-14(17(21-22)18(19)24)20-16(23)10-25-15-8-13(11(2)3)7-6-12(15)4/h6-9,11H,5,10H2,1-4H3,(H2,19,24)(H,20,23). The normalized spacial score (nSPS) is 10.8. The molecule has 0 radical (unpaired) electrons. The van der Waals surface area contributed by atoms with E-state index in [0.717, 1.165) is 11.1 Å². The molecule has 2 aromatic rings. The van der Waals surface area contributed by atoms with Gasteiger partial charge in [-0.05, 0) is 37.0 Å². The Morgan fingerprint density at radius 2 is 2.08 bits per heavy atom. The van der Waals surface area contributed by atoms with Gasteiger partial charge in [0.25, 0.3) is 11.8 Å². The number of hydrogen-bond donors (Lipinski definition) is 2. The van der Waals surface area contributed by atoms with Crippen LogP contribution in [0.3, 0.4) is 0 Å². The first-order valence-corrected chi connectivity index (χ1v) is 8.22. The number of carbonyl (C=O) groups is 2. The average molecular weight is 344 g/mol. The summed E-state index contributed by atoms with van der Waals surface area (Å²) in [5.74, 6) is -0.0353. The maximum Gasteiger partial charge on any atom is 0.271 e. The molecule has 0 bridgehead atoms. The molecule has 1 aromatic carbocycles. The van der Waals surface area contributed by atoms with Crippen molar-refractivity contribution in [3.63, 3.8) is 0 Å². The molecule has 0 saturated carbocycles. The predicted octanol–water partition coefficient (Wildman–Crippen LogP) is 2.45. The van der Waals surface area contributed by atoms with Gasteiger partial charge >= 0.3 is 0 Å². The SMILES string of the molecule is CCn1cc(NC(=O)COc2cc(C(C)C)ccc2C)c(C(N)=O)n1. The van der Waals surface area contributed by atoms with Crippen molar-refractivity contribution in [3.05, 3.63) is 41.2 Å². The maximum atomic E-state index is 12.2. The van der Waals surface area contributed by atoms with Crippen molar-refractivity contribution in [1.29, 1.82) is 0 Å². The Balaban J connectivity index is 2.05. The lowest BCUT2D eigenvalue weighted by Gasteiger charge is -2.12. The number of carbonyl (C=O) groups excluding carboxylic acids is 2. The fourth-order valence-corrected chi connectivity index (χ4v) is 2.32. The van der Waals surface area contributed by atoms with Gasteiger partial charge in [-0.25, -0.2) is 0 Å². The van der Waals surface area contributed by atoms with E-state index in [1.165, 1.54) is 4.68 Å². The summed E-state index contributed by atoms with van der Waals surface area (Å²) in [4.78, 5) is 23.6. The quantitative estimate of drug-likeness (QED) is 0.806. The molecular weight excluding hydrogens is 320 g/mol. The van der Waals surface area contributed by atoms with Gasteiger partial charge in [0.2, 0.25) is 0 Å². The number of amides is 2. The fourth-order valence-electron chi connectivity index (χ4n) is 2.32. The zero-order valence-electron chi connectivity index (χ0n) is 15.0. The second-order valence-corrected chi connectivity index (χ2v) is 6.13. The molecule has 0 atom stereocenters. The van der Waals surface area contributed by atoms with Crippen molar-refractivity contribution >= 4 is 17.5 Å². The first-order chi connectivity index (χ1) is 11.8. The van der Waals surface area contributed by atoms with Crippen LogP contribution in [0.4, 0.5) is 5.69 Å². The number of aryl methyl sites for hydroxylation is 2. The molecule has 7 heteroatoms. The van der Waals surface area contributed by atoms with Gasteiger partial charge < -0.3 is 15.8 Å². The van der Waals surface area contributed by atoms with Crippen molar-refractivity contribution in [2.45, 2.75) is 40.2 Å². The molecule has 0 spiro atoms. The maximum absolute atomic E-state index is 12.2. The predicted molar refractivity (Wildman–Crippen MR) is 95.8 cm³/mol. The molecule has 3 N–H and O–H groups in total. The number of nitrogens with two attached hydrogens (primary N) is 1. The number of primary amides is 1. The molecule has 0 unspecified atom stereocenters. The van der Waals surface area contributed by atoms with Crippen LogP contribution in [-0.4, -0.2) is 28.2 Å². The van der Waals surface area contributed by atoms with Gasteiger partial charge in [-0.1, -0.05) is 26.0 Å². The van der Waals surface area contributed by atoms with Crippen LogP contribution in [0.1, 0.15) is 48.3 Å². The summed E-state index contributed by atoms with van der Waals surface area (Å²) in [7, 11) is 0. The molecule has 1 heterocycles. The summed E-state index contributed by atoms with van der Waals surface area (Å²) < 4.78 is 7.17. The highest BCUT2D eigenvalue weighted by atomic mass is 16.5. The van der Waals surface area contributed by atoms with E-state index in [1.807, 2.05) is 32.0 Å². The van der Waals surface area contributed by atoms with E-state index in [0.29, 0.717) is 18.2 Å². The van der Waals surface area contributed by atoms with Crippen LogP contribution in [0.15, 0.2) is 24.4 Å². The largest absolute Gasteiger partial charge is 0.483 e. The van der Waals surface area contributed by atoms with Gasteiger partial charge in [0.05, 0.1) is 5.69 Å². The summed E-state index contributed by atoms with van der Waals surface area (Å²) in [5.41, 5.74) is 7.71. The lowest BCUT2D eigenvalue weighted by Crippen LogP contribution is -2.22. The highest BCUT2D eigenvalue weighted by molar-refractivity contribution is 6.01. The van der Waals surface area contributed by atoms with E-state index < -0.39 is 5.91 Å². The summed E-state index contributed by atoms with van der Waals surface area (Å²) in [6.07, 6.45) is 1.57. The molecule has 2 rings (SSSR count). The van der Waals surface area contributed by atoms with E-state index in [1.54, 1.807) is 6.20 Å². The van der Waals surface area contributed by atoms with E-state index in [2.05, 4.69) is 24.3 Å². The van der Waals surface area contributed by atoms with Crippen molar-refractivity contribution in [2.24, 2.45) is 5.73 Å². The Morgan fingerprint density at radius 1 is 1.36 bits per heavy atom. The molecule has 0 saturated heterocycles. The summed E-state index contributed by atoms with van der Waals surface area (Å²) in [5, 5.41) is 6.66. The Morgan fingerprint density at radius 3 is 2.68 bits per heavy atom. The lowest BCUT2D eigenvalue weighted by atomic mass is 10.0. The highest BCUT2D eigenvalue weighted by Crippen LogP contribution is 2.24. The number of aromatic nitrogens is 2. The Labute approximate surface area is 147 Å². The summed E-state index contributed by atoms with van der Waals surface area (Å²) in [6.45, 7) is 8.38. The van der Waals surface area contributed by atoms with E-state index in [9.17, 15) is 9.59 Å². The molecule has 25 heavy (non-hydrogen) atoms. The minimum absolute atomic E-state index is 0.0354. The van der Waals surface area contributed by atoms with Crippen LogP contribution >= 0.6 is 0 Å². The van der Waals surface area contributed by atoms with Crippen LogP contribution in [0, 0.1) is 6.92 Å². The topological polar surface area (TPSA) is 99.2 Å². The Bertz CT molecular complexity index is 781. The van der Waals surface area contributed by atoms with Gasteiger partial charge in [-0.2, -0.15) is 5.10 Å². The Kier molecular flexibility index (Phi) is 5.80. The third kappa shape index (κ3) is 4.59. The zero-order chi connectivity index (χ0) is 18.6. The molecule has 2 amide bonds. The van der Waals surface area contributed by atoms with E-state index in [4.69, 9.17) is 10.5 Å². The number of nitrogens with one attached hydrogen (secondary N) is 1. The van der Waals surface area contributed by atoms with E-state index in [-0.39, 0.29) is 23.9 Å². The number of benzene rings is 1. The van der Waals surface area contributed by atoms with Gasteiger partial charge in [0.1, 0.15) is 5.75 Å². The monoisotopic (exact) mass is 344 g/mol. The molecule has 1 aromatic heterocycles. The third-order valence-corrected chi connectivity index (χ3v) is 3.83. The van der Waals surface area contributed by atoms with Crippen molar-refractivity contribution in [1.82, 2.24) is 9.78 Å². The van der Waals surface area contributed by atoms with Crippen LogP contribution in [0.2, 0.25) is 0 Å².